The Morgan fingerprint density at radius 3 is 2.53 bits per heavy atom. The molecule has 0 aliphatic heterocycles. The SMILES string of the molecule is O=C(O)c1occc(=O)c1Cc1ccccc1. The summed E-state index contributed by atoms with van der Waals surface area (Å²) in [7, 11) is 0. The summed E-state index contributed by atoms with van der Waals surface area (Å²) in [6.45, 7) is 0. The van der Waals surface area contributed by atoms with Gasteiger partial charge in [0.2, 0.25) is 5.76 Å². The van der Waals surface area contributed by atoms with E-state index >= 15 is 0 Å². The van der Waals surface area contributed by atoms with E-state index in [2.05, 4.69) is 0 Å². The lowest BCUT2D eigenvalue weighted by atomic mass is 10.0. The molecule has 2 rings (SSSR count). The minimum atomic E-state index is -1.23. The van der Waals surface area contributed by atoms with Gasteiger partial charge in [-0.25, -0.2) is 4.79 Å². The number of hydrogen-bond donors (Lipinski definition) is 1. The van der Waals surface area contributed by atoms with Gasteiger partial charge in [-0.3, -0.25) is 4.79 Å². The second-order valence-corrected chi connectivity index (χ2v) is 3.56. The largest absolute Gasteiger partial charge is 0.475 e. The molecular weight excluding hydrogens is 220 g/mol. The zero-order chi connectivity index (χ0) is 12.3. The molecule has 1 N–H and O–H groups in total. The Kier molecular flexibility index (Phi) is 3.05. The Morgan fingerprint density at radius 1 is 1.18 bits per heavy atom. The van der Waals surface area contributed by atoms with E-state index in [9.17, 15) is 9.59 Å². The summed E-state index contributed by atoms with van der Waals surface area (Å²) in [4.78, 5) is 22.6. The smallest absolute Gasteiger partial charge is 0.372 e. The third kappa shape index (κ3) is 2.42. The van der Waals surface area contributed by atoms with Gasteiger partial charge < -0.3 is 9.52 Å². The minimum absolute atomic E-state index is 0.172. The first-order valence-electron chi connectivity index (χ1n) is 5.06. The molecule has 86 valence electrons. The normalized spacial score (nSPS) is 10.1. The van der Waals surface area contributed by atoms with Crippen molar-refractivity contribution < 1.29 is 14.3 Å². The lowest BCUT2D eigenvalue weighted by Gasteiger charge is -2.03. The van der Waals surface area contributed by atoms with Crippen LogP contribution in [0.15, 0.2) is 51.9 Å². The van der Waals surface area contributed by atoms with Crippen molar-refractivity contribution in [1.82, 2.24) is 0 Å². The summed E-state index contributed by atoms with van der Waals surface area (Å²) < 4.78 is 4.87. The quantitative estimate of drug-likeness (QED) is 0.874. The van der Waals surface area contributed by atoms with Crippen LogP contribution in [-0.4, -0.2) is 11.1 Å². The molecule has 0 radical (unpaired) electrons. The molecule has 17 heavy (non-hydrogen) atoms. The summed E-state index contributed by atoms with van der Waals surface area (Å²) in [6, 6.07) is 10.4. The molecule has 0 aliphatic carbocycles. The summed E-state index contributed by atoms with van der Waals surface area (Å²) >= 11 is 0. The van der Waals surface area contributed by atoms with Crippen molar-refractivity contribution in [2.24, 2.45) is 0 Å². The molecule has 0 aliphatic rings. The number of hydrogen-bond acceptors (Lipinski definition) is 3. The molecule has 2 aromatic rings. The van der Waals surface area contributed by atoms with Crippen LogP contribution in [0.4, 0.5) is 0 Å². The van der Waals surface area contributed by atoms with Gasteiger partial charge in [0.05, 0.1) is 11.8 Å². The molecule has 4 nitrogen and oxygen atoms in total. The van der Waals surface area contributed by atoms with Crippen LogP contribution in [0.2, 0.25) is 0 Å². The molecule has 0 fully saturated rings. The van der Waals surface area contributed by atoms with Gasteiger partial charge in [0.1, 0.15) is 0 Å². The van der Waals surface area contributed by atoms with E-state index in [1.54, 1.807) is 0 Å². The van der Waals surface area contributed by atoms with E-state index in [4.69, 9.17) is 9.52 Å². The van der Waals surface area contributed by atoms with Gasteiger partial charge in [0.15, 0.2) is 5.43 Å². The highest BCUT2D eigenvalue weighted by Crippen LogP contribution is 2.10. The van der Waals surface area contributed by atoms with Crippen molar-refractivity contribution in [3.63, 3.8) is 0 Å². The van der Waals surface area contributed by atoms with Crippen molar-refractivity contribution in [1.29, 1.82) is 0 Å². The first kappa shape index (κ1) is 11.1. The Bertz CT molecular complexity index is 584. The molecule has 0 saturated heterocycles. The van der Waals surface area contributed by atoms with Gasteiger partial charge in [0.25, 0.3) is 0 Å². The molecule has 1 heterocycles. The molecule has 0 bridgehead atoms. The fraction of sp³-hybridized carbons (Fsp3) is 0.0769. The molecule has 0 unspecified atom stereocenters. The minimum Gasteiger partial charge on any atom is -0.475 e. The molecule has 1 aromatic carbocycles. The van der Waals surface area contributed by atoms with Crippen LogP contribution in [0, 0.1) is 0 Å². The van der Waals surface area contributed by atoms with Crippen LogP contribution in [0.1, 0.15) is 21.7 Å². The fourth-order valence-corrected chi connectivity index (χ4v) is 1.59. The molecule has 1 aromatic heterocycles. The van der Waals surface area contributed by atoms with Crippen LogP contribution >= 0.6 is 0 Å². The monoisotopic (exact) mass is 230 g/mol. The summed E-state index contributed by atoms with van der Waals surface area (Å²) in [6.07, 6.45) is 1.35. The van der Waals surface area contributed by atoms with Gasteiger partial charge >= 0.3 is 5.97 Å². The second-order valence-electron chi connectivity index (χ2n) is 3.56. The highest BCUT2D eigenvalue weighted by Gasteiger charge is 2.16. The number of carboxylic acid groups (broad SMARTS) is 1. The highest BCUT2D eigenvalue weighted by atomic mass is 16.4. The average Bonchev–Trinajstić information content (AvgIpc) is 2.33. The molecular formula is C13H10O4. The Morgan fingerprint density at radius 2 is 1.88 bits per heavy atom. The predicted octanol–water partition coefficient (Wildman–Crippen LogP) is 1.93. The van der Waals surface area contributed by atoms with Crippen LogP contribution in [0.25, 0.3) is 0 Å². The molecule has 4 heteroatoms. The maximum absolute atomic E-state index is 11.6. The van der Waals surface area contributed by atoms with Crippen molar-refractivity contribution >= 4 is 5.97 Å². The summed E-state index contributed by atoms with van der Waals surface area (Å²) in [5.41, 5.74) is 0.720. The zero-order valence-electron chi connectivity index (χ0n) is 8.92. The number of carboxylic acids is 1. The fourth-order valence-electron chi connectivity index (χ4n) is 1.59. The van der Waals surface area contributed by atoms with Crippen molar-refractivity contribution in [2.45, 2.75) is 6.42 Å². The third-order valence-electron chi connectivity index (χ3n) is 2.39. The van der Waals surface area contributed by atoms with E-state index in [0.29, 0.717) is 0 Å². The number of rotatable bonds is 3. The van der Waals surface area contributed by atoms with E-state index < -0.39 is 5.97 Å². The van der Waals surface area contributed by atoms with E-state index in [1.807, 2.05) is 30.3 Å². The van der Waals surface area contributed by atoms with Gasteiger partial charge in [-0.05, 0) is 5.56 Å². The van der Waals surface area contributed by atoms with E-state index in [1.165, 1.54) is 6.07 Å². The van der Waals surface area contributed by atoms with Gasteiger partial charge in [-0.15, -0.1) is 0 Å². The van der Waals surface area contributed by atoms with Gasteiger partial charge in [0, 0.05) is 12.5 Å². The lowest BCUT2D eigenvalue weighted by molar-refractivity contribution is 0.0657. The molecule has 0 saturated carbocycles. The van der Waals surface area contributed by atoms with Gasteiger partial charge in [-0.2, -0.15) is 0 Å². The standard InChI is InChI=1S/C13H10O4/c14-11-6-7-17-12(13(15)16)10(11)8-9-4-2-1-3-5-9/h1-7H,8H2,(H,15,16). The predicted molar refractivity (Wildman–Crippen MR) is 61.2 cm³/mol. The average molecular weight is 230 g/mol. The number of aromatic carboxylic acids is 1. The second kappa shape index (κ2) is 4.65. The lowest BCUT2D eigenvalue weighted by Crippen LogP contribution is -2.14. The van der Waals surface area contributed by atoms with Crippen molar-refractivity contribution in [2.75, 3.05) is 0 Å². The molecule has 0 spiro atoms. The summed E-state index contributed by atoms with van der Waals surface area (Å²) in [5, 5.41) is 8.94. The first-order chi connectivity index (χ1) is 8.18. The molecule has 0 atom stereocenters. The topological polar surface area (TPSA) is 67.5 Å². The maximum Gasteiger partial charge on any atom is 0.372 e. The Balaban J connectivity index is 2.45. The zero-order valence-corrected chi connectivity index (χ0v) is 8.92. The highest BCUT2D eigenvalue weighted by molar-refractivity contribution is 5.85. The van der Waals surface area contributed by atoms with E-state index in [-0.39, 0.29) is 23.2 Å². The number of benzene rings is 1. The van der Waals surface area contributed by atoms with Crippen LogP contribution in [0.5, 0.6) is 0 Å². The van der Waals surface area contributed by atoms with Crippen LogP contribution in [-0.2, 0) is 6.42 Å². The van der Waals surface area contributed by atoms with Crippen LogP contribution in [0.3, 0.4) is 0 Å². The number of carbonyl (C=O) groups is 1. The Hall–Kier alpha value is -2.36. The Labute approximate surface area is 97.1 Å². The van der Waals surface area contributed by atoms with E-state index in [0.717, 1.165) is 11.8 Å². The summed E-state index contributed by atoms with van der Waals surface area (Å²) in [5.74, 6) is -1.52. The van der Waals surface area contributed by atoms with Crippen LogP contribution < -0.4 is 5.43 Å². The molecule has 0 amide bonds. The van der Waals surface area contributed by atoms with Crippen molar-refractivity contribution in [3.05, 3.63) is 69.8 Å². The van der Waals surface area contributed by atoms with Gasteiger partial charge in [-0.1, -0.05) is 30.3 Å². The third-order valence-corrected chi connectivity index (χ3v) is 2.39. The maximum atomic E-state index is 11.6. The van der Waals surface area contributed by atoms with Crippen molar-refractivity contribution in [3.8, 4) is 0 Å². The first-order valence-corrected chi connectivity index (χ1v) is 5.06.